The Morgan fingerprint density at radius 3 is 2.90 bits per heavy atom. The van der Waals surface area contributed by atoms with Crippen molar-refractivity contribution < 1.29 is 0 Å². The lowest BCUT2D eigenvalue weighted by molar-refractivity contribution is 0.707. The van der Waals surface area contributed by atoms with Crippen molar-refractivity contribution in [1.82, 2.24) is 19.3 Å². The predicted molar refractivity (Wildman–Crippen MR) is 83.8 cm³/mol. The van der Waals surface area contributed by atoms with Gasteiger partial charge in [0.05, 0.1) is 17.9 Å². The molecule has 0 radical (unpaired) electrons. The zero-order valence-electron chi connectivity index (χ0n) is 11.7. The van der Waals surface area contributed by atoms with Gasteiger partial charge in [-0.1, -0.05) is 11.6 Å². The molecule has 0 saturated heterocycles. The van der Waals surface area contributed by atoms with Crippen LogP contribution >= 0.6 is 11.6 Å². The summed E-state index contributed by atoms with van der Waals surface area (Å²) in [4.78, 5) is 4.36. The molecule has 0 aliphatic carbocycles. The number of imidazole rings is 1. The molecule has 0 spiro atoms. The third-order valence-electron chi connectivity index (χ3n) is 3.29. The second-order valence-corrected chi connectivity index (χ2v) is 5.03. The summed E-state index contributed by atoms with van der Waals surface area (Å²) >= 11 is 6.11. The van der Waals surface area contributed by atoms with Crippen molar-refractivity contribution in [2.45, 2.75) is 20.0 Å². The summed E-state index contributed by atoms with van der Waals surface area (Å²) < 4.78 is 3.91. The lowest BCUT2D eigenvalue weighted by Gasteiger charge is -2.13. The second-order valence-electron chi connectivity index (χ2n) is 4.60. The Kier molecular flexibility index (Phi) is 3.92. The number of hydrogen-bond acceptors (Lipinski definition) is 3. The van der Waals surface area contributed by atoms with Crippen molar-refractivity contribution in [3.8, 4) is 5.69 Å². The minimum Gasteiger partial charge on any atom is -0.376 e. The van der Waals surface area contributed by atoms with Crippen LogP contribution in [0.4, 0.5) is 5.69 Å². The summed E-state index contributed by atoms with van der Waals surface area (Å²) in [5, 5.41) is 8.35. The van der Waals surface area contributed by atoms with E-state index in [1.54, 1.807) is 6.20 Å². The minimum absolute atomic E-state index is 0.634. The summed E-state index contributed by atoms with van der Waals surface area (Å²) in [5.41, 5.74) is 1.89. The Morgan fingerprint density at radius 2 is 2.14 bits per heavy atom. The van der Waals surface area contributed by atoms with E-state index in [4.69, 9.17) is 11.6 Å². The SMILES string of the molecule is CCn1ccnc1CNc1cc(Cl)ccc1-n1cccn1. The van der Waals surface area contributed by atoms with Gasteiger partial charge in [-0.2, -0.15) is 5.10 Å². The highest BCUT2D eigenvalue weighted by molar-refractivity contribution is 6.31. The molecule has 0 fully saturated rings. The van der Waals surface area contributed by atoms with Crippen LogP contribution in [0.5, 0.6) is 0 Å². The Bertz CT molecular complexity index is 718. The number of aromatic nitrogens is 4. The second kappa shape index (κ2) is 6.01. The Labute approximate surface area is 128 Å². The summed E-state index contributed by atoms with van der Waals surface area (Å²) in [6, 6.07) is 7.60. The summed E-state index contributed by atoms with van der Waals surface area (Å²) in [5.74, 6) is 0.990. The molecular formula is C15H16ClN5. The van der Waals surface area contributed by atoms with Gasteiger partial charge in [0.1, 0.15) is 5.82 Å². The van der Waals surface area contributed by atoms with E-state index in [0.717, 1.165) is 23.7 Å². The van der Waals surface area contributed by atoms with Crippen molar-refractivity contribution in [1.29, 1.82) is 0 Å². The molecule has 108 valence electrons. The standard InChI is InChI=1S/C15H16ClN5/c1-2-20-9-7-17-15(20)11-18-13-10-12(16)4-5-14(13)21-8-3-6-19-21/h3-10,18H,2,11H2,1H3. The minimum atomic E-state index is 0.634. The molecule has 5 nitrogen and oxygen atoms in total. The third-order valence-corrected chi connectivity index (χ3v) is 3.52. The zero-order valence-corrected chi connectivity index (χ0v) is 12.5. The summed E-state index contributed by atoms with van der Waals surface area (Å²) in [6.45, 7) is 3.63. The summed E-state index contributed by atoms with van der Waals surface area (Å²) in [7, 11) is 0. The van der Waals surface area contributed by atoms with Crippen molar-refractivity contribution in [3.63, 3.8) is 0 Å². The average Bonchev–Trinajstić information content (AvgIpc) is 3.16. The van der Waals surface area contributed by atoms with Gasteiger partial charge in [-0.05, 0) is 31.2 Å². The molecule has 0 bridgehead atoms. The first-order valence-corrected chi connectivity index (χ1v) is 7.19. The van der Waals surface area contributed by atoms with Crippen LogP contribution < -0.4 is 5.32 Å². The maximum atomic E-state index is 6.11. The molecule has 6 heteroatoms. The highest BCUT2D eigenvalue weighted by Crippen LogP contribution is 2.24. The first-order valence-electron chi connectivity index (χ1n) is 6.81. The maximum absolute atomic E-state index is 6.11. The van der Waals surface area contributed by atoms with E-state index in [1.165, 1.54) is 0 Å². The van der Waals surface area contributed by atoms with E-state index in [-0.39, 0.29) is 0 Å². The number of halogens is 1. The Balaban J connectivity index is 1.86. The molecule has 2 heterocycles. The summed E-state index contributed by atoms with van der Waals surface area (Å²) in [6.07, 6.45) is 7.44. The fourth-order valence-electron chi connectivity index (χ4n) is 2.23. The predicted octanol–water partition coefficient (Wildman–Crippen LogP) is 3.35. The molecule has 21 heavy (non-hydrogen) atoms. The van der Waals surface area contributed by atoms with Crippen molar-refractivity contribution in [3.05, 3.63) is 59.9 Å². The van der Waals surface area contributed by atoms with Crippen molar-refractivity contribution in [2.24, 2.45) is 0 Å². The normalized spacial score (nSPS) is 10.8. The van der Waals surface area contributed by atoms with Gasteiger partial charge in [0.2, 0.25) is 0 Å². The molecule has 0 atom stereocenters. The lowest BCUT2D eigenvalue weighted by atomic mass is 10.2. The molecule has 1 N–H and O–H groups in total. The van der Waals surface area contributed by atoms with E-state index in [2.05, 4.69) is 26.9 Å². The largest absolute Gasteiger partial charge is 0.376 e. The Hall–Kier alpha value is -2.27. The van der Waals surface area contributed by atoms with E-state index in [9.17, 15) is 0 Å². The molecule has 0 aliphatic heterocycles. The van der Waals surface area contributed by atoms with Gasteiger partial charge >= 0.3 is 0 Å². The number of anilines is 1. The Morgan fingerprint density at radius 1 is 1.24 bits per heavy atom. The number of nitrogens with one attached hydrogen (secondary N) is 1. The van der Waals surface area contributed by atoms with Gasteiger partial charge in [0.15, 0.2) is 0 Å². The number of benzene rings is 1. The number of rotatable bonds is 5. The highest BCUT2D eigenvalue weighted by Gasteiger charge is 2.07. The van der Waals surface area contributed by atoms with Gasteiger partial charge in [-0.3, -0.25) is 0 Å². The van der Waals surface area contributed by atoms with Crippen LogP contribution in [-0.4, -0.2) is 19.3 Å². The first kappa shape index (κ1) is 13.7. The quantitative estimate of drug-likeness (QED) is 0.786. The molecule has 0 aliphatic rings. The molecule has 0 unspecified atom stereocenters. The van der Waals surface area contributed by atoms with Crippen molar-refractivity contribution in [2.75, 3.05) is 5.32 Å². The van der Waals surface area contributed by atoms with Crippen LogP contribution in [-0.2, 0) is 13.1 Å². The van der Waals surface area contributed by atoms with Crippen LogP contribution in [0.25, 0.3) is 5.69 Å². The number of aryl methyl sites for hydroxylation is 1. The van der Waals surface area contributed by atoms with Gasteiger partial charge in [-0.25, -0.2) is 9.67 Å². The van der Waals surface area contributed by atoms with E-state index in [0.29, 0.717) is 11.6 Å². The topological polar surface area (TPSA) is 47.7 Å². The van der Waals surface area contributed by atoms with Crippen LogP contribution in [0.2, 0.25) is 5.02 Å². The third kappa shape index (κ3) is 2.92. The molecule has 1 aromatic carbocycles. The number of hydrogen-bond donors (Lipinski definition) is 1. The van der Waals surface area contributed by atoms with E-state index < -0.39 is 0 Å². The highest BCUT2D eigenvalue weighted by atomic mass is 35.5. The van der Waals surface area contributed by atoms with E-state index in [1.807, 2.05) is 47.5 Å². The molecular weight excluding hydrogens is 286 g/mol. The molecule has 2 aromatic heterocycles. The molecule has 0 amide bonds. The van der Waals surface area contributed by atoms with Crippen molar-refractivity contribution >= 4 is 17.3 Å². The first-order chi connectivity index (χ1) is 10.3. The van der Waals surface area contributed by atoms with Crippen LogP contribution in [0, 0.1) is 0 Å². The van der Waals surface area contributed by atoms with Crippen LogP contribution in [0.1, 0.15) is 12.7 Å². The van der Waals surface area contributed by atoms with Gasteiger partial charge < -0.3 is 9.88 Å². The van der Waals surface area contributed by atoms with Gasteiger partial charge in [0, 0.05) is 36.4 Å². The van der Waals surface area contributed by atoms with Gasteiger partial charge in [-0.15, -0.1) is 0 Å². The lowest BCUT2D eigenvalue weighted by Crippen LogP contribution is -2.09. The van der Waals surface area contributed by atoms with Gasteiger partial charge in [0.25, 0.3) is 0 Å². The average molecular weight is 302 g/mol. The smallest absolute Gasteiger partial charge is 0.128 e. The fraction of sp³-hybridized carbons (Fsp3) is 0.200. The van der Waals surface area contributed by atoms with Crippen LogP contribution in [0.15, 0.2) is 49.1 Å². The molecule has 3 aromatic rings. The fourth-order valence-corrected chi connectivity index (χ4v) is 2.40. The maximum Gasteiger partial charge on any atom is 0.128 e. The molecule has 0 saturated carbocycles. The van der Waals surface area contributed by atoms with Crippen LogP contribution in [0.3, 0.4) is 0 Å². The zero-order chi connectivity index (χ0) is 14.7. The van der Waals surface area contributed by atoms with E-state index >= 15 is 0 Å². The monoisotopic (exact) mass is 301 g/mol. The number of nitrogens with zero attached hydrogens (tertiary/aromatic N) is 4. The molecule has 3 rings (SSSR count).